The van der Waals surface area contributed by atoms with Crippen molar-refractivity contribution in [1.82, 2.24) is 0 Å². The molecule has 0 bridgehead atoms. The average molecular weight is 435 g/mol. The summed E-state index contributed by atoms with van der Waals surface area (Å²) >= 11 is 12.0. The van der Waals surface area contributed by atoms with Crippen LogP contribution in [-0.4, -0.2) is 14.3 Å². The molecule has 0 spiro atoms. The molecule has 5 nitrogen and oxygen atoms in total. The van der Waals surface area contributed by atoms with Gasteiger partial charge in [-0.2, -0.15) is 0 Å². The van der Waals surface area contributed by atoms with Crippen LogP contribution in [0.3, 0.4) is 0 Å². The number of benzene rings is 3. The monoisotopic (exact) mass is 434 g/mol. The Morgan fingerprint density at radius 2 is 1.61 bits per heavy atom. The van der Waals surface area contributed by atoms with Crippen molar-refractivity contribution in [3.05, 3.63) is 87.9 Å². The van der Waals surface area contributed by atoms with Crippen LogP contribution in [0.5, 0.6) is 0 Å². The highest BCUT2D eigenvalue weighted by Gasteiger charge is 2.18. The second-order valence-corrected chi connectivity index (χ2v) is 8.50. The maximum absolute atomic E-state index is 12.7. The minimum atomic E-state index is -3.77. The number of hydrogen-bond acceptors (Lipinski definition) is 3. The number of rotatable bonds is 5. The van der Waals surface area contributed by atoms with Gasteiger partial charge in [0, 0.05) is 10.6 Å². The Balaban J connectivity index is 1.89. The molecule has 3 rings (SSSR count). The zero-order valence-electron chi connectivity index (χ0n) is 14.7. The van der Waals surface area contributed by atoms with Crippen LogP contribution in [0.2, 0.25) is 10.0 Å². The third-order valence-electron chi connectivity index (χ3n) is 4.05. The molecular formula is C20H16Cl2N2O3S. The summed E-state index contributed by atoms with van der Waals surface area (Å²) in [7, 11) is -3.77. The van der Waals surface area contributed by atoms with Gasteiger partial charge in [-0.3, -0.25) is 9.52 Å². The molecule has 0 aromatic heterocycles. The lowest BCUT2D eigenvalue weighted by molar-refractivity contribution is 0.102. The van der Waals surface area contributed by atoms with Crippen molar-refractivity contribution in [3.8, 4) is 0 Å². The fourth-order valence-electron chi connectivity index (χ4n) is 2.58. The van der Waals surface area contributed by atoms with Crippen LogP contribution < -0.4 is 10.0 Å². The number of halogens is 2. The van der Waals surface area contributed by atoms with Gasteiger partial charge in [-0.15, -0.1) is 0 Å². The molecular weight excluding hydrogens is 419 g/mol. The van der Waals surface area contributed by atoms with Crippen molar-refractivity contribution >= 4 is 50.5 Å². The van der Waals surface area contributed by atoms with Crippen LogP contribution in [0.25, 0.3) is 0 Å². The maximum Gasteiger partial charge on any atom is 0.261 e. The predicted molar refractivity (Wildman–Crippen MR) is 113 cm³/mol. The fourth-order valence-corrected chi connectivity index (χ4v) is 4.06. The molecule has 2 N–H and O–H groups in total. The molecule has 0 fully saturated rings. The Morgan fingerprint density at radius 1 is 0.893 bits per heavy atom. The van der Waals surface area contributed by atoms with Crippen LogP contribution in [0.4, 0.5) is 11.4 Å². The Labute approximate surface area is 173 Å². The van der Waals surface area contributed by atoms with Gasteiger partial charge in [0.05, 0.1) is 21.3 Å². The molecule has 3 aromatic rings. The van der Waals surface area contributed by atoms with Crippen molar-refractivity contribution in [3.63, 3.8) is 0 Å². The second kappa shape index (κ2) is 8.22. The molecule has 0 aliphatic carbocycles. The van der Waals surface area contributed by atoms with Crippen LogP contribution >= 0.6 is 23.2 Å². The first-order valence-electron chi connectivity index (χ1n) is 8.22. The van der Waals surface area contributed by atoms with Crippen LogP contribution in [0.1, 0.15) is 15.9 Å². The van der Waals surface area contributed by atoms with Gasteiger partial charge in [0.2, 0.25) is 0 Å². The highest BCUT2D eigenvalue weighted by Crippen LogP contribution is 2.27. The SMILES string of the molecule is Cc1c(NS(=O)(=O)c2ccccc2)cccc1C(=O)Nc1cc(Cl)ccc1Cl. The fraction of sp³-hybridized carbons (Fsp3) is 0.0500. The standard InChI is InChI=1S/C20H16Cl2N2O3S/c1-13-16(20(25)23-19-12-14(21)10-11-17(19)22)8-5-9-18(13)24-28(26,27)15-6-3-2-4-7-15/h2-12,24H,1H3,(H,23,25). The smallest absolute Gasteiger partial charge is 0.261 e. The van der Waals surface area contributed by atoms with E-state index in [-0.39, 0.29) is 4.90 Å². The topological polar surface area (TPSA) is 75.3 Å². The van der Waals surface area contributed by atoms with Crippen molar-refractivity contribution in [2.75, 3.05) is 10.0 Å². The van der Waals surface area contributed by atoms with Gasteiger partial charge in [0.1, 0.15) is 0 Å². The zero-order valence-corrected chi connectivity index (χ0v) is 17.1. The van der Waals surface area contributed by atoms with Gasteiger partial charge >= 0.3 is 0 Å². The molecule has 144 valence electrons. The van der Waals surface area contributed by atoms with E-state index >= 15 is 0 Å². The zero-order chi connectivity index (χ0) is 20.3. The first-order valence-corrected chi connectivity index (χ1v) is 10.5. The summed E-state index contributed by atoms with van der Waals surface area (Å²) in [6, 6.07) is 17.5. The maximum atomic E-state index is 12.7. The van der Waals surface area contributed by atoms with E-state index in [9.17, 15) is 13.2 Å². The van der Waals surface area contributed by atoms with E-state index < -0.39 is 15.9 Å². The van der Waals surface area contributed by atoms with Gasteiger partial charge in [-0.05, 0) is 55.0 Å². The van der Waals surface area contributed by atoms with Gasteiger partial charge in [0.15, 0.2) is 0 Å². The average Bonchev–Trinajstić information content (AvgIpc) is 2.67. The number of carbonyl (C=O) groups excluding carboxylic acids is 1. The molecule has 28 heavy (non-hydrogen) atoms. The predicted octanol–water partition coefficient (Wildman–Crippen LogP) is 5.35. The number of amides is 1. The van der Waals surface area contributed by atoms with Crippen LogP contribution in [0.15, 0.2) is 71.6 Å². The van der Waals surface area contributed by atoms with E-state index in [1.54, 1.807) is 61.5 Å². The number of nitrogens with one attached hydrogen (secondary N) is 2. The van der Waals surface area contributed by atoms with E-state index in [0.717, 1.165) is 0 Å². The van der Waals surface area contributed by atoms with Gasteiger partial charge < -0.3 is 5.32 Å². The summed E-state index contributed by atoms with van der Waals surface area (Å²) in [5, 5.41) is 3.47. The van der Waals surface area contributed by atoms with Crippen LogP contribution in [-0.2, 0) is 10.0 Å². The van der Waals surface area contributed by atoms with Crippen molar-refractivity contribution < 1.29 is 13.2 Å². The molecule has 1 amide bonds. The first kappa shape index (κ1) is 20.2. The Kier molecular flexibility index (Phi) is 5.93. The molecule has 0 radical (unpaired) electrons. The molecule has 0 saturated carbocycles. The normalized spacial score (nSPS) is 11.1. The van der Waals surface area contributed by atoms with Gasteiger partial charge in [-0.25, -0.2) is 8.42 Å². The van der Waals surface area contributed by atoms with Gasteiger partial charge in [-0.1, -0.05) is 47.5 Å². The minimum absolute atomic E-state index is 0.134. The minimum Gasteiger partial charge on any atom is -0.321 e. The molecule has 8 heteroatoms. The largest absolute Gasteiger partial charge is 0.321 e. The summed E-state index contributed by atoms with van der Waals surface area (Å²) in [5.74, 6) is -0.428. The summed E-state index contributed by atoms with van der Waals surface area (Å²) in [5.41, 5.74) is 1.48. The quantitative estimate of drug-likeness (QED) is 0.567. The summed E-state index contributed by atoms with van der Waals surface area (Å²) in [6.07, 6.45) is 0. The van der Waals surface area contributed by atoms with E-state index in [4.69, 9.17) is 23.2 Å². The van der Waals surface area contributed by atoms with Crippen molar-refractivity contribution in [2.45, 2.75) is 11.8 Å². The summed E-state index contributed by atoms with van der Waals surface area (Å²) in [4.78, 5) is 12.8. The summed E-state index contributed by atoms with van der Waals surface area (Å²) < 4.78 is 27.7. The Morgan fingerprint density at radius 3 is 2.32 bits per heavy atom. The molecule has 0 heterocycles. The molecule has 0 aliphatic rings. The second-order valence-electron chi connectivity index (χ2n) is 5.97. The Hall–Kier alpha value is -2.54. The molecule has 0 aliphatic heterocycles. The number of carbonyl (C=O) groups is 1. The first-order chi connectivity index (χ1) is 13.3. The van der Waals surface area contributed by atoms with E-state index in [2.05, 4.69) is 10.0 Å². The van der Waals surface area contributed by atoms with Gasteiger partial charge in [0.25, 0.3) is 15.9 Å². The third-order valence-corrected chi connectivity index (χ3v) is 6.00. The third kappa shape index (κ3) is 4.47. The number of anilines is 2. The summed E-state index contributed by atoms with van der Waals surface area (Å²) in [6.45, 7) is 1.66. The highest BCUT2D eigenvalue weighted by molar-refractivity contribution is 7.92. The Bertz CT molecular complexity index is 1130. The molecule has 0 saturated heterocycles. The lowest BCUT2D eigenvalue weighted by Gasteiger charge is -2.14. The van der Waals surface area contributed by atoms with E-state index in [1.807, 2.05) is 0 Å². The molecule has 0 unspecified atom stereocenters. The molecule has 3 aromatic carbocycles. The van der Waals surface area contributed by atoms with Crippen molar-refractivity contribution in [2.24, 2.45) is 0 Å². The lowest BCUT2D eigenvalue weighted by atomic mass is 10.1. The van der Waals surface area contributed by atoms with Crippen molar-refractivity contribution in [1.29, 1.82) is 0 Å². The number of hydrogen-bond donors (Lipinski definition) is 2. The van der Waals surface area contributed by atoms with E-state index in [1.165, 1.54) is 12.1 Å². The lowest BCUT2D eigenvalue weighted by Crippen LogP contribution is -2.17. The van der Waals surface area contributed by atoms with E-state index in [0.29, 0.717) is 32.5 Å². The highest BCUT2D eigenvalue weighted by atomic mass is 35.5. The number of sulfonamides is 1. The molecule has 0 atom stereocenters. The van der Waals surface area contributed by atoms with Crippen LogP contribution in [0, 0.1) is 6.92 Å².